The van der Waals surface area contributed by atoms with Crippen LogP contribution in [-0.4, -0.2) is 0 Å². The molecule has 22 aromatic carbocycles. The van der Waals surface area contributed by atoms with Gasteiger partial charge in [-0.25, -0.2) is 0 Å². The van der Waals surface area contributed by atoms with Crippen molar-refractivity contribution in [3.8, 4) is 111 Å². The van der Waals surface area contributed by atoms with Crippen molar-refractivity contribution in [2.24, 2.45) is 0 Å². The number of hydrogen-bond acceptors (Lipinski definition) is 3. The smallest absolute Gasteiger partial charge is 0.136 e. The van der Waals surface area contributed by atoms with Gasteiger partial charge in [-0.1, -0.05) is 400 Å². The predicted octanol–water partition coefficient (Wildman–Crippen LogP) is 34.3. The van der Waals surface area contributed by atoms with Gasteiger partial charge < -0.3 is 13.3 Å². The summed E-state index contributed by atoms with van der Waals surface area (Å²) in [7, 11) is 0. The molecule has 0 spiro atoms. The topological polar surface area (TPSA) is 39.4 Å². The molecule has 25 rings (SSSR count). The van der Waals surface area contributed by atoms with Crippen molar-refractivity contribution in [1.29, 1.82) is 0 Å². The molecular formula is C120H76O3. The summed E-state index contributed by atoms with van der Waals surface area (Å²) in [6.07, 6.45) is 0. The third-order valence-corrected chi connectivity index (χ3v) is 23.8. The molecule has 574 valence electrons. The van der Waals surface area contributed by atoms with Crippen LogP contribution in [0.25, 0.3) is 242 Å². The third kappa shape index (κ3) is 12.6. The van der Waals surface area contributed by atoms with E-state index >= 15 is 0 Å². The van der Waals surface area contributed by atoms with Gasteiger partial charge in [0.25, 0.3) is 0 Å². The van der Waals surface area contributed by atoms with Crippen LogP contribution in [0, 0.1) is 0 Å². The van der Waals surface area contributed by atoms with Crippen LogP contribution in [0.4, 0.5) is 0 Å². The van der Waals surface area contributed by atoms with Crippen LogP contribution in [0.3, 0.4) is 0 Å². The Morgan fingerprint density at radius 2 is 0.423 bits per heavy atom. The fourth-order valence-corrected chi connectivity index (χ4v) is 18.6. The molecule has 0 aliphatic rings. The van der Waals surface area contributed by atoms with Gasteiger partial charge in [-0.3, -0.25) is 0 Å². The summed E-state index contributed by atoms with van der Waals surface area (Å²) in [5, 5.41) is 16.5. The minimum atomic E-state index is -0.402. The van der Waals surface area contributed by atoms with Gasteiger partial charge in [0.05, 0.1) is 20.6 Å². The molecular weight excluding hydrogens is 1490 g/mol. The second kappa shape index (κ2) is 30.6. The first-order valence-corrected chi connectivity index (χ1v) is 40.9. The third-order valence-electron chi connectivity index (χ3n) is 23.8. The second-order valence-electron chi connectivity index (χ2n) is 30.7. The molecule has 0 aliphatic heterocycles. The van der Waals surface area contributed by atoms with Crippen LogP contribution in [0.2, 0.25) is 0 Å². The largest absolute Gasteiger partial charge is 0.456 e. The minimum absolute atomic E-state index is 0.202. The van der Waals surface area contributed by atoms with E-state index in [-0.39, 0.29) is 89.2 Å². The highest BCUT2D eigenvalue weighted by atomic mass is 16.3. The van der Waals surface area contributed by atoms with Crippen molar-refractivity contribution in [2.75, 3.05) is 0 Å². The summed E-state index contributed by atoms with van der Waals surface area (Å²) in [6.45, 7) is 0. The number of hydrogen-bond donors (Lipinski definition) is 0. The SMILES string of the molecule is [2H]c1c([2H])c([2H])c(-c2c3ccccc3c(-c3ccc4oc5cc(-c6ccccc6)cc(-c6ccccc6)c5c4c3)c3ccccc23)c([2H])c1[2H].[2H]c1c([2H])c([2H])c(-c2c3ccccc3c(-c3cccc4oc5cc(-c6ccccc6)ccc5c34)c3ccccc23)c([2H])c1[2H].[2H]c1c([2H])c([2H])c(-c2c3ccccc3c(-c3cccc4oc5ccc(-c6ccccc6)cc5c34)c3ccccc23)c([2H])c1[2H]. The molecule has 3 heteroatoms. The number of rotatable bonds is 10. The maximum Gasteiger partial charge on any atom is 0.136 e. The second-order valence-corrected chi connectivity index (χ2v) is 30.7. The molecule has 0 fully saturated rings. The first kappa shape index (κ1) is 57.8. The van der Waals surface area contributed by atoms with Crippen LogP contribution in [0.1, 0.15) is 20.6 Å². The van der Waals surface area contributed by atoms with Gasteiger partial charge in [-0.05, 0) is 237 Å². The Labute approximate surface area is 732 Å². The van der Waals surface area contributed by atoms with Crippen molar-refractivity contribution < 1.29 is 33.8 Å². The molecule has 3 aromatic heterocycles. The lowest BCUT2D eigenvalue weighted by Crippen LogP contribution is -1.91. The summed E-state index contributed by atoms with van der Waals surface area (Å²) < 4.78 is 147. The Balaban J connectivity index is 0.000000116. The minimum Gasteiger partial charge on any atom is -0.456 e. The summed E-state index contributed by atoms with van der Waals surface area (Å²) in [6, 6.07) is 120. The molecule has 0 N–H and O–H groups in total. The molecule has 0 atom stereocenters. The highest BCUT2D eigenvalue weighted by molar-refractivity contribution is 6.29. The van der Waals surface area contributed by atoms with Crippen LogP contribution in [0.5, 0.6) is 0 Å². The van der Waals surface area contributed by atoms with Crippen LogP contribution in [-0.2, 0) is 0 Å². The molecule has 0 unspecified atom stereocenters. The zero-order valence-electron chi connectivity index (χ0n) is 80.9. The highest BCUT2D eigenvalue weighted by Crippen LogP contribution is 2.52. The molecule has 123 heavy (non-hydrogen) atoms. The standard InChI is InChI=1S/C44H28O.2C38H24O/c1-4-14-29(15-5-1)33-27-38(30-16-6-2-7-17-30)44-39-26-32(24-25-40(39)45-41(44)28-33)43-36-22-12-10-20-34(36)42(31-18-8-3-9-19-31)35-21-11-13-23-37(35)43;1-3-12-25(13-4-1)27-22-23-32-35(24-27)39-34-21-11-20-33(38(32)34)37-30-18-9-7-16-28(30)36(26-14-5-2-6-15-26)29-17-8-10-19-31(29)37;1-3-12-25(13-4-1)27-22-23-34-33(24-27)38-32(20-11-21-35(38)39-34)37-30-18-9-7-16-28(30)36(26-14-5-2-6-15-26)29-17-8-10-19-31(29)37/h1-28H;2*1-24H/i3D,8D,9D,18D,19D;2*2D,5D,6D,14D,15D. The molecule has 25 aromatic rings. The fraction of sp³-hybridized carbons (Fsp3) is 0. The zero-order valence-corrected chi connectivity index (χ0v) is 65.9. The van der Waals surface area contributed by atoms with E-state index in [1.807, 2.05) is 231 Å². The molecule has 3 heterocycles. The normalized spacial score (nSPS) is 13.3. The maximum atomic E-state index is 8.87. The molecule has 3 nitrogen and oxygen atoms in total. The Morgan fingerprint density at radius 3 is 0.821 bits per heavy atom. The van der Waals surface area contributed by atoms with Crippen molar-refractivity contribution in [2.45, 2.75) is 0 Å². The van der Waals surface area contributed by atoms with Gasteiger partial charge >= 0.3 is 0 Å². The van der Waals surface area contributed by atoms with Gasteiger partial charge in [0.1, 0.15) is 33.5 Å². The summed E-state index contributed by atoms with van der Waals surface area (Å²) in [4.78, 5) is 0. The maximum absolute atomic E-state index is 8.87. The van der Waals surface area contributed by atoms with E-state index in [1.165, 1.54) is 0 Å². The van der Waals surface area contributed by atoms with Gasteiger partial charge in [0.2, 0.25) is 0 Å². The molecule has 0 radical (unpaired) electrons. The van der Waals surface area contributed by atoms with E-state index in [2.05, 4.69) is 140 Å². The number of benzene rings is 22. The Morgan fingerprint density at radius 1 is 0.138 bits per heavy atom. The number of furan rings is 3. The van der Waals surface area contributed by atoms with E-state index in [4.69, 9.17) is 33.8 Å². The van der Waals surface area contributed by atoms with Gasteiger partial charge in [-0.2, -0.15) is 0 Å². The van der Waals surface area contributed by atoms with E-state index in [0.717, 1.165) is 208 Å². The first-order valence-electron chi connectivity index (χ1n) is 48.4. The molecule has 0 amide bonds. The van der Waals surface area contributed by atoms with Gasteiger partial charge in [0, 0.05) is 32.3 Å². The van der Waals surface area contributed by atoms with Crippen molar-refractivity contribution in [3.05, 3.63) is 461 Å². The predicted molar refractivity (Wildman–Crippen MR) is 521 cm³/mol. The zero-order chi connectivity index (χ0) is 94.3. The van der Waals surface area contributed by atoms with Crippen LogP contribution >= 0.6 is 0 Å². The fourth-order valence-electron chi connectivity index (χ4n) is 18.6. The van der Waals surface area contributed by atoms with Gasteiger partial charge in [0.15, 0.2) is 0 Å². The lowest BCUT2D eigenvalue weighted by Gasteiger charge is -2.18. The van der Waals surface area contributed by atoms with E-state index in [1.54, 1.807) is 0 Å². The quantitative estimate of drug-likeness (QED) is 0.128. The molecule has 0 aliphatic carbocycles. The first-order chi connectivity index (χ1) is 67.3. The Bertz CT molecular complexity index is 9140. The summed E-state index contributed by atoms with van der Waals surface area (Å²) >= 11 is 0. The van der Waals surface area contributed by atoms with Crippen molar-refractivity contribution in [3.63, 3.8) is 0 Å². The van der Waals surface area contributed by atoms with Crippen LogP contribution < -0.4 is 0 Å². The van der Waals surface area contributed by atoms with Gasteiger partial charge in [-0.15, -0.1) is 0 Å². The summed E-state index contributed by atoms with van der Waals surface area (Å²) in [5.41, 5.74) is 22.1. The summed E-state index contributed by atoms with van der Waals surface area (Å²) in [5.74, 6) is 0. The van der Waals surface area contributed by atoms with Crippen molar-refractivity contribution in [1.82, 2.24) is 0 Å². The van der Waals surface area contributed by atoms with E-state index < -0.39 is 18.1 Å². The monoisotopic (exact) mass is 1580 g/mol. The van der Waals surface area contributed by atoms with Crippen molar-refractivity contribution >= 4 is 130 Å². The van der Waals surface area contributed by atoms with E-state index in [9.17, 15) is 0 Å². The average Bonchev–Trinajstić information content (AvgIpc) is 1.72. The molecule has 0 saturated heterocycles. The molecule has 0 saturated carbocycles. The van der Waals surface area contributed by atoms with E-state index in [0.29, 0.717) is 16.7 Å². The Kier molecular flexibility index (Phi) is 14.4. The number of fused-ring (bicyclic) bond motifs is 15. The lowest BCUT2D eigenvalue weighted by atomic mass is 9.85. The average molecular weight is 1580 g/mol. The molecule has 0 bridgehead atoms. The van der Waals surface area contributed by atoms with Crippen LogP contribution in [0.15, 0.2) is 474 Å². The highest BCUT2D eigenvalue weighted by Gasteiger charge is 2.26. The lowest BCUT2D eigenvalue weighted by molar-refractivity contribution is 0.668. The Hall–Kier alpha value is -16.2.